The van der Waals surface area contributed by atoms with Gasteiger partial charge >= 0.3 is 5.97 Å². The number of rotatable bonds is 4. The molecule has 2 heterocycles. The number of carboxylic acid groups (broad SMARTS) is 1. The minimum absolute atomic E-state index is 0.0553. The van der Waals surface area contributed by atoms with Crippen LogP contribution in [0.5, 0.6) is 0 Å². The number of carbonyl (C=O) groups is 1. The van der Waals surface area contributed by atoms with Crippen LogP contribution in [0.3, 0.4) is 0 Å². The molecule has 7 heteroatoms. The average Bonchev–Trinajstić information content (AvgIpc) is 3.03. The number of hydrogen-bond donors (Lipinski definition) is 1. The minimum atomic E-state index is -1.18. The predicted octanol–water partition coefficient (Wildman–Crippen LogP) is 2.55. The van der Waals surface area contributed by atoms with Gasteiger partial charge in [-0.3, -0.25) is 0 Å². The zero-order valence-corrected chi connectivity index (χ0v) is 12.6. The highest BCUT2D eigenvalue weighted by molar-refractivity contribution is 5.87. The van der Waals surface area contributed by atoms with Crippen molar-refractivity contribution in [1.29, 1.82) is 0 Å². The van der Waals surface area contributed by atoms with Gasteiger partial charge in [0.1, 0.15) is 17.9 Å². The summed E-state index contributed by atoms with van der Waals surface area (Å²) in [5.74, 6) is -1.19. The Morgan fingerprint density at radius 1 is 1.39 bits per heavy atom. The molecule has 1 aromatic carbocycles. The van der Waals surface area contributed by atoms with Crippen LogP contribution in [-0.4, -0.2) is 40.9 Å². The van der Waals surface area contributed by atoms with Crippen molar-refractivity contribution in [3.63, 3.8) is 0 Å². The molecule has 0 aliphatic carbocycles. The monoisotopic (exact) mass is 317 g/mol. The summed E-state index contributed by atoms with van der Waals surface area (Å²) in [5.41, 5.74) is 0.0000184. The molecular weight excluding hydrogens is 301 g/mol. The molecule has 0 radical (unpaired) electrons. The number of benzene rings is 1. The lowest BCUT2D eigenvalue weighted by Crippen LogP contribution is -2.31. The molecule has 1 aliphatic heterocycles. The Balaban J connectivity index is 2.11. The van der Waals surface area contributed by atoms with Gasteiger partial charge in [0.25, 0.3) is 0 Å². The number of halogens is 1. The summed E-state index contributed by atoms with van der Waals surface area (Å²) in [6.07, 6.45) is 1.58. The molecule has 0 amide bonds. The molecule has 1 atom stereocenters. The quantitative estimate of drug-likeness (QED) is 0.934. The summed E-state index contributed by atoms with van der Waals surface area (Å²) >= 11 is 0. The number of anilines is 1. The van der Waals surface area contributed by atoms with Crippen molar-refractivity contribution in [2.24, 2.45) is 0 Å². The summed E-state index contributed by atoms with van der Waals surface area (Å²) in [6.45, 7) is 0.700. The molecule has 2 aromatic rings. The molecular formula is C16H16FN3O3. The number of aromatic nitrogens is 2. The van der Waals surface area contributed by atoms with E-state index in [2.05, 4.69) is 9.97 Å². The molecule has 1 aromatic heterocycles. The van der Waals surface area contributed by atoms with Crippen molar-refractivity contribution in [2.45, 2.75) is 19.1 Å². The third-order valence-corrected chi connectivity index (χ3v) is 3.81. The molecule has 3 rings (SSSR count). The van der Waals surface area contributed by atoms with Crippen molar-refractivity contribution in [2.75, 3.05) is 18.6 Å². The Kier molecular flexibility index (Phi) is 4.20. The van der Waals surface area contributed by atoms with Crippen LogP contribution in [0.15, 0.2) is 30.3 Å². The molecule has 0 spiro atoms. The zero-order chi connectivity index (χ0) is 16.4. The second kappa shape index (κ2) is 6.29. The highest BCUT2D eigenvalue weighted by atomic mass is 19.1. The van der Waals surface area contributed by atoms with E-state index < -0.39 is 11.8 Å². The second-order valence-electron chi connectivity index (χ2n) is 5.25. The highest BCUT2D eigenvalue weighted by Crippen LogP contribution is 2.28. The summed E-state index contributed by atoms with van der Waals surface area (Å²) < 4.78 is 19.4. The number of carboxylic acids is 1. The van der Waals surface area contributed by atoms with E-state index in [0.29, 0.717) is 12.4 Å². The van der Waals surface area contributed by atoms with Crippen LogP contribution < -0.4 is 4.90 Å². The van der Waals surface area contributed by atoms with Gasteiger partial charge in [0.15, 0.2) is 11.5 Å². The first-order valence-corrected chi connectivity index (χ1v) is 7.27. The van der Waals surface area contributed by atoms with Gasteiger partial charge in [0.05, 0.1) is 5.56 Å². The highest BCUT2D eigenvalue weighted by Gasteiger charge is 2.27. The summed E-state index contributed by atoms with van der Waals surface area (Å²) in [7, 11) is 1.60. The molecule has 0 saturated carbocycles. The van der Waals surface area contributed by atoms with Crippen molar-refractivity contribution in [3.05, 3.63) is 41.8 Å². The summed E-state index contributed by atoms with van der Waals surface area (Å²) in [5, 5.41) is 9.28. The maximum Gasteiger partial charge on any atom is 0.354 e. The fourth-order valence-electron chi connectivity index (χ4n) is 2.70. The Hall–Kier alpha value is -2.54. The van der Waals surface area contributed by atoms with Crippen molar-refractivity contribution >= 4 is 11.8 Å². The van der Waals surface area contributed by atoms with Gasteiger partial charge in [-0.15, -0.1) is 0 Å². The SMILES string of the molecule is CO[C@H]1CCCN1c1cc(C(=O)O)nc(-c2ccccc2F)n1. The van der Waals surface area contributed by atoms with E-state index in [1.54, 1.807) is 19.2 Å². The van der Waals surface area contributed by atoms with Crippen LogP contribution in [0.1, 0.15) is 23.3 Å². The predicted molar refractivity (Wildman–Crippen MR) is 81.8 cm³/mol. The van der Waals surface area contributed by atoms with E-state index >= 15 is 0 Å². The molecule has 1 N–H and O–H groups in total. The number of methoxy groups -OCH3 is 1. The molecule has 1 saturated heterocycles. The first-order chi connectivity index (χ1) is 11.1. The maximum absolute atomic E-state index is 14.0. The normalized spacial score (nSPS) is 17.5. The molecule has 1 fully saturated rings. The number of ether oxygens (including phenoxy) is 1. The third-order valence-electron chi connectivity index (χ3n) is 3.81. The van der Waals surface area contributed by atoms with Gasteiger partial charge in [-0.25, -0.2) is 19.2 Å². The smallest absolute Gasteiger partial charge is 0.354 e. The second-order valence-corrected chi connectivity index (χ2v) is 5.25. The van der Waals surface area contributed by atoms with E-state index in [4.69, 9.17) is 4.74 Å². The van der Waals surface area contributed by atoms with Crippen LogP contribution in [0, 0.1) is 5.82 Å². The van der Waals surface area contributed by atoms with Crippen LogP contribution >= 0.6 is 0 Å². The Bertz CT molecular complexity index is 738. The largest absolute Gasteiger partial charge is 0.477 e. The van der Waals surface area contributed by atoms with E-state index in [1.165, 1.54) is 18.2 Å². The standard InChI is InChI=1S/C16H16FN3O3/c1-23-14-7-4-8-20(14)13-9-12(16(21)22)18-15(19-13)10-5-2-3-6-11(10)17/h2-3,5-6,9,14H,4,7-8H2,1H3,(H,21,22)/t14-/m0/s1. The third kappa shape index (κ3) is 3.00. The Morgan fingerprint density at radius 3 is 2.87 bits per heavy atom. The topological polar surface area (TPSA) is 75.5 Å². The Labute approximate surface area is 132 Å². The Morgan fingerprint density at radius 2 is 2.17 bits per heavy atom. The molecule has 23 heavy (non-hydrogen) atoms. The van der Waals surface area contributed by atoms with Crippen LogP contribution in [0.25, 0.3) is 11.4 Å². The van der Waals surface area contributed by atoms with Crippen LogP contribution in [0.2, 0.25) is 0 Å². The first-order valence-electron chi connectivity index (χ1n) is 7.27. The number of nitrogens with zero attached hydrogens (tertiary/aromatic N) is 3. The van der Waals surface area contributed by atoms with Crippen LogP contribution in [-0.2, 0) is 4.74 Å². The number of aromatic carboxylic acids is 1. The molecule has 0 unspecified atom stereocenters. The van der Waals surface area contributed by atoms with Gasteiger partial charge in [-0.1, -0.05) is 12.1 Å². The van der Waals surface area contributed by atoms with E-state index in [0.717, 1.165) is 12.8 Å². The average molecular weight is 317 g/mol. The minimum Gasteiger partial charge on any atom is -0.477 e. The molecule has 1 aliphatic rings. The van der Waals surface area contributed by atoms with E-state index in [1.807, 2.05) is 4.90 Å². The zero-order valence-electron chi connectivity index (χ0n) is 12.6. The maximum atomic E-state index is 14.0. The molecule has 6 nitrogen and oxygen atoms in total. The lowest BCUT2D eigenvalue weighted by Gasteiger charge is -2.24. The van der Waals surface area contributed by atoms with Gasteiger partial charge in [0, 0.05) is 19.7 Å². The first kappa shape index (κ1) is 15.4. The van der Waals surface area contributed by atoms with E-state index in [9.17, 15) is 14.3 Å². The molecule has 120 valence electrons. The molecule has 0 bridgehead atoms. The van der Waals surface area contributed by atoms with Gasteiger partial charge in [-0.2, -0.15) is 0 Å². The van der Waals surface area contributed by atoms with E-state index in [-0.39, 0.29) is 23.3 Å². The summed E-state index contributed by atoms with van der Waals surface area (Å²) in [4.78, 5) is 21.6. The van der Waals surface area contributed by atoms with Gasteiger partial charge in [-0.05, 0) is 25.0 Å². The van der Waals surface area contributed by atoms with Crippen LogP contribution in [0.4, 0.5) is 10.2 Å². The van der Waals surface area contributed by atoms with Crippen molar-refractivity contribution < 1.29 is 19.0 Å². The fourth-order valence-corrected chi connectivity index (χ4v) is 2.70. The van der Waals surface area contributed by atoms with Gasteiger partial charge in [0.2, 0.25) is 0 Å². The fraction of sp³-hybridized carbons (Fsp3) is 0.312. The lowest BCUT2D eigenvalue weighted by molar-refractivity contribution is 0.0690. The van der Waals surface area contributed by atoms with Gasteiger partial charge < -0.3 is 14.7 Å². The van der Waals surface area contributed by atoms with Crippen molar-refractivity contribution in [3.8, 4) is 11.4 Å². The van der Waals surface area contributed by atoms with Crippen molar-refractivity contribution in [1.82, 2.24) is 9.97 Å². The number of hydrogen-bond acceptors (Lipinski definition) is 5. The summed E-state index contributed by atoms with van der Waals surface area (Å²) in [6, 6.07) is 7.42. The lowest BCUT2D eigenvalue weighted by atomic mass is 10.2.